The Bertz CT molecular complexity index is 836. The van der Waals surface area contributed by atoms with Gasteiger partial charge in [-0.1, -0.05) is 31.0 Å². The van der Waals surface area contributed by atoms with Gasteiger partial charge in [-0.05, 0) is 87.0 Å². The SMILES string of the molecule is CC(c1ccc2c(C(F)(F)F)c(OC3CCCCC3)ccc2c1)N1CCCCC1. The van der Waals surface area contributed by atoms with Gasteiger partial charge in [-0.3, -0.25) is 4.90 Å². The molecule has 0 bridgehead atoms. The van der Waals surface area contributed by atoms with E-state index in [-0.39, 0.29) is 23.3 Å². The first kappa shape index (κ1) is 20.5. The number of hydrogen-bond donors (Lipinski definition) is 0. The Kier molecular flexibility index (Phi) is 6.05. The monoisotopic (exact) mass is 405 g/mol. The van der Waals surface area contributed by atoms with Gasteiger partial charge in [0, 0.05) is 6.04 Å². The van der Waals surface area contributed by atoms with Gasteiger partial charge in [0.2, 0.25) is 0 Å². The number of nitrogens with zero attached hydrogens (tertiary/aromatic N) is 1. The summed E-state index contributed by atoms with van der Waals surface area (Å²) in [6.07, 6.45) is 3.96. The number of hydrogen-bond acceptors (Lipinski definition) is 2. The number of piperidine rings is 1. The molecular weight excluding hydrogens is 375 g/mol. The fourth-order valence-electron chi connectivity index (χ4n) is 4.86. The van der Waals surface area contributed by atoms with E-state index < -0.39 is 11.7 Å². The molecule has 0 N–H and O–H groups in total. The van der Waals surface area contributed by atoms with E-state index in [1.54, 1.807) is 12.1 Å². The van der Waals surface area contributed by atoms with Gasteiger partial charge in [0.05, 0.1) is 6.10 Å². The van der Waals surface area contributed by atoms with Crippen molar-refractivity contribution in [2.45, 2.75) is 76.6 Å². The fraction of sp³-hybridized carbons (Fsp3) is 0.583. The third-order valence-corrected chi connectivity index (χ3v) is 6.56. The summed E-state index contributed by atoms with van der Waals surface area (Å²) in [4.78, 5) is 2.43. The number of fused-ring (bicyclic) bond motifs is 1. The molecule has 2 nitrogen and oxygen atoms in total. The first-order valence-corrected chi connectivity index (χ1v) is 11.0. The second-order valence-electron chi connectivity index (χ2n) is 8.57. The summed E-state index contributed by atoms with van der Waals surface area (Å²) in [5.74, 6) is -0.0197. The maximum absolute atomic E-state index is 14.0. The van der Waals surface area contributed by atoms with E-state index in [1.165, 1.54) is 25.3 Å². The van der Waals surface area contributed by atoms with Gasteiger partial charge in [0.1, 0.15) is 11.3 Å². The van der Waals surface area contributed by atoms with E-state index in [4.69, 9.17) is 4.74 Å². The normalized spacial score (nSPS) is 20.7. The molecule has 1 heterocycles. The number of benzene rings is 2. The molecule has 5 heteroatoms. The lowest BCUT2D eigenvalue weighted by Gasteiger charge is -2.32. The van der Waals surface area contributed by atoms with E-state index in [0.717, 1.165) is 50.8 Å². The zero-order chi connectivity index (χ0) is 20.4. The maximum Gasteiger partial charge on any atom is 0.420 e. The molecule has 2 fully saturated rings. The highest BCUT2D eigenvalue weighted by molar-refractivity contribution is 5.89. The van der Waals surface area contributed by atoms with Gasteiger partial charge in [0.25, 0.3) is 0 Å². The Morgan fingerprint density at radius 2 is 1.62 bits per heavy atom. The van der Waals surface area contributed by atoms with E-state index >= 15 is 0 Å². The number of rotatable bonds is 4. The standard InChI is InChI=1S/C24H30F3NO/c1-17(28-14-6-3-7-15-28)18-10-12-21-19(16-18)11-13-22(23(21)24(25,26)27)29-20-8-4-2-5-9-20/h10-13,16-17,20H,2-9,14-15H2,1H3. The van der Waals surface area contributed by atoms with Crippen molar-refractivity contribution in [3.05, 3.63) is 41.5 Å². The summed E-state index contributed by atoms with van der Waals surface area (Å²) in [5, 5.41) is 0.870. The summed E-state index contributed by atoms with van der Waals surface area (Å²) in [5.41, 5.74) is 0.450. The third-order valence-electron chi connectivity index (χ3n) is 6.56. The van der Waals surface area contributed by atoms with Crippen LogP contribution in [0.3, 0.4) is 0 Å². The molecule has 1 aliphatic carbocycles. The van der Waals surface area contributed by atoms with Crippen LogP contribution in [0.1, 0.15) is 75.5 Å². The van der Waals surface area contributed by atoms with Gasteiger partial charge in [-0.2, -0.15) is 13.2 Å². The Morgan fingerprint density at radius 3 is 2.31 bits per heavy atom. The van der Waals surface area contributed by atoms with Crippen molar-refractivity contribution in [2.24, 2.45) is 0 Å². The average molecular weight is 406 g/mol. The molecule has 1 aliphatic heterocycles. The van der Waals surface area contributed by atoms with Crippen molar-refractivity contribution >= 4 is 10.8 Å². The maximum atomic E-state index is 14.0. The molecule has 158 valence electrons. The molecule has 0 amide bonds. The van der Waals surface area contributed by atoms with Gasteiger partial charge in [-0.25, -0.2) is 0 Å². The molecular formula is C24H30F3NO. The second-order valence-corrected chi connectivity index (χ2v) is 8.57. The molecule has 2 aliphatic rings. The van der Waals surface area contributed by atoms with E-state index in [2.05, 4.69) is 11.8 Å². The minimum absolute atomic E-state index is 0.0197. The Hall–Kier alpha value is -1.75. The third kappa shape index (κ3) is 4.55. The smallest absolute Gasteiger partial charge is 0.420 e. The predicted molar refractivity (Wildman–Crippen MR) is 110 cm³/mol. The molecule has 1 saturated carbocycles. The van der Waals surface area contributed by atoms with Crippen molar-refractivity contribution in [3.8, 4) is 5.75 Å². The van der Waals surface area contributed by atoms with Crippen molar-refractivity contribution < 1.29 is 17.9 Å². The Morgan fingerprint density at radius 1 is 0.931 bits per heavy atom. The highest BCUT2D eigenvalue weighted by atomic mass is 19.4. The zero-order valence-electron chi connectivity index (χ0n) is 17.1. The van der Waals surface area contributed by atoms with Crippen LogP contribution in [0.15, 0.2) is 30.3 Å². The highest BCUT2D eigenvalue weighted by Gasteiger charge is 2.37. The van der Waals surface area contributed by atoms with Gasteiger partial charge >= 0.3 is 6.18 Å². The first-order valence-electron chi connectivity index (χ1n) is 11.0. The first-order chi connectivity index (χ1) is 13.9. The van der Waals surface area contributed by atoms with Crippen LogP contribution in [0.2, 0.25) is 0 Å². The predicted octanol–water partition coefficient (Wildman–Crippen LogP) is 7.12. The van der Waals surface area contributed by atoms with Crippen LogP contribution >= 0.6 is 0 Å². The van der Waals surface area contributed by atoms with E-state index in [9.17, 15) is 13.2 Å². The molecule has 1 atom stereocenters. The van der Waals surface area contributed by atoms with Crippen LogP contribution in [0.4, 0.5) is 13.2 Å². The largest absolute Gasteiger partial charge is 0.490 e. The highest BCUT2D eigenvalue weighted by Crippen LogP contribution is 2.43. The summed E-state index contributed by atoms with van der Waals surface area (Å²) in [6.45, 7) is 4.26. The van der Waals surface area contributed by atoms with Crippen LogP contribution in [0.5, 0.6) is 5.75 Å². The fourth-order valence-corrected chi connectivity index (χ4v) is 4.86. The number of halogens is 3. The zero-order valence-corrected chi connectivity index (χ0v) is 17.1. The molecule has 0 aromatic heterocycles. The van der Waals surface area contributed by atoms with E-state index in [1.807, 2.05) is 12.1 Å². The summed E-state index contributed by atoms with van der Waals surface area (Å²) < 4.78 is 47.8. The molecule has 0 spiro atoms. The van der Waals surface area contributed by atoms with Crippen LogP contribution in [-0.4, -0.2) is 24.1 Å². The molecule has 1 saturated heterocycles. The van der Waals surface area contributed by atoms with Crippen LogP contribution < -0.4 is 4.74 Å². The lowest BCUT2D eigenvalue weighted by molar-refractivity contribution is -0.138. The lowest BCUT2D eigenvalue weighted by atomic mass is 9.96. The van der Waals surface area contributed by atoms with Crippen LogP contribution in [0.25, 0.3) is 10.8 Å². The quantitative estimate of drug-likeness (QED) is 0.537. The van der Waals surface area contributed by atoms with Gasteiger partial charge in [0.15, 0.2) is 0 Å². The minimum atomic E-state index is -4.44. The topological polar surface area (TPSA) is 12.5 Å². The minimum Gasteiger partial charge on any atom is -0.490 e. The summed E-state index contributed by atoms with van der Waals surface area (Å²) in [6, 6.07) is 8.95. The molecule has 0 radical (unpaired) electrons. The summed E-state index contributed by atoms with van der Waals surface area (Å²) in [7, 11) is 0. The molecule has 1 unspecified atom stereocenters. The van der Waals surface area contributed by atoms with Crippen molar-refractivity contribution in [1.29, 1.82) is 0 Å². The number of likely N-dealkylation sites (tertiary alicyclic amines) is 1. The molecule has 2 aromatic rings. The molecule has 4 rings (SSSR count). The lowest BCUT2D eigenvalue weighted by Crippen LogP contribution is -2.32. The van der Waals surface area contributed by atoms with Gasteiger partial charge in [-0.15, -0.1) is 0 Å². The average Bonchev–Trinajstić information content (AvgIpc) is 2.73. The second kappa shape index (κ2) is 8.55. The Balaban J connectivity index is 1.67. The van der Waals surface area contributed by atoms with Crippen molar-refractivity contribution in [1.82, 2.24) is 4.90 Å². The van der Waals surface area contributed by atoms with Crippen LogP contribution in [-0.2, 0) is 6.18 Å². The van der Waals surface area contributed by atoms with Crippen LogP contribution in [0, 0.1) is 0 Å². The Labute approximate surface area is 171 Å². The van der Waals surface area contributed by atoms with E-state index in [0.29, 0.717) is 5.39 Å². The number of ether oxygens (including phenoxy) is 1. The van der Waals surface area contributed by atoms with Crippen molar-refractivity contribution in [3.63, 3.8) is 0 Å². The number of alkyl halides is 3. The summed E-state index contributed by atoms with van der Waals surface area (Å²) >= 11 is 0. The van der Waals surface area contributed by atoms with Gasteiger partial charge < -0.3 is 4.74 Å². The molecule has 2 aromatic carbocycles. The molecule has 29 heavy (non-hydrogen) atoms. The van der Waals surface area contributed by atoms with Crippen molar-refractivity contribution in [2.75, 3.05) is 13.1 Å².